The van der Waals surface area contributed by atoms with Crippen LogP contribution in [0, 0.1) is 5.92 Å². The summed E-state index contributed by atoms with van der Waals surface area (Å²) in [6.07, 6.45) is 2.27. The number of hydrogen-bond donors (Lipinski definition) is 1. The normalized spacial score (nSPS) is 26.4. The molecule has 2 bridgehead atoms. The minimum Gasteiger partial charge on any atom is -0.478 e. The highest BCUT2D eigenvalue weighted by atomic mass is 35.5. The molecule has 3 fully saturated rings. The van der Waals surface area contributed by atoms with Gasteiger partial charge in [0.1, 0.15) is 0 Å². The third kappa shape index (κ3) is 4.09. The zero-order chi connectivity index (χ0) is 22.2. The van der Waals surface area contributed by atoms with Crippen LogP contribution in [0.25, 0.3) is 0 Å². The number of nitrogens with one attached hydrogen (secondary N) is 1. The topological polar surface area (TPSA) is 61.9 Å². The molecule has 0 spiro atoms. The van der Waals surface area contributed by atoms with Crippen LogP contribution in [-0.4, -0.2) is 55.0 Å². The SMILES string of the molecule is CC1Oc2c(C(=O)NC3CN4CCC3CC4)cc(Cl)cc2N(CCc2ccccc2)C1=O. The van der Waals surface area contributed by atoms with Crippen molar-refractivity contribution in [3.05, 3.63) is 58.6 Å². The number of fused-ring (bicyclic) bond motifs is 4. The van der Waals surface area contributed by atoms with E-state index in [-0.39, 0.29) is 17.9 Å². The summed E-state index contributed by atoms with van der Waals surface area (Å²) >= 11 is 6.42. The Kier molecular flexibility index (Phi) is 5.82. The first-order valence-corrected chi connectivity index (χ1v) is 11.8. The molecule has 0 aromatic heterocycles. The molecule has 3 saturated heterocycles. The minimum atomic E-state index is -0.664. The summed E-state index contributed by atoms with van der Waals surface area (Å²) in [6.45, 7) is 5.33. The van der Waals surface area contributed by atoms with Crippen LogP contribution in [0.3, 0.4) is 0 Å². The highest BCUT2D eigenvalue weighted by molar-refractivity contribution is 6.31. The van der Waals surface area contributed by atoms with Crippen molar-refractivity contribution in [1.82, 2.24) is 10.2 Å². The minimum absolute atomic E-state index is 0.126. The van der Waals surface area contributed by atoms with E-state index in [2.05, 4.69) is 10.2 Å². The van der Waals surface area contributed by atoms with Gasteiger partial charge in [-0.1, -0.05) is 41.9 Å². The van der Waals surface area contributed by atoms with Gasteiger partial charge >= 0.3 is 0 Å². The fraction of sp³-hybridized carbons (Fsp3) is 0.440. The monoisotopic (exact) mass is 453 g/mol. The van der Waals surface area contributed by atoms with Gasteiger partial charge in [0.15, 0.2) is 11.9 Å². The van der Waals surface area contributed by atoms with Gasteiger partial charge in [-0.3, -0.25) is 9.59 Å². The standard InChI is InChI=1S/C25H28ClN3O3/c1-16-25(31)29(12-7-17-5-3-2-4-6-17)22-14-19(26)13-20(23(22)32-16)24(30)27-21-15-28-10-8-18(21)9-11-28/h2-6,13-14,16,18,21H,7-12,15H2,1H3,(H,27,30). The fourth-order valence-electron chi connectivity index (χ4n) is 5.13. The maximum absolute atomic E-state index is 13.3. The number of amides is 2. The van der Waals surface area contributed by atoms with Crippen molar-refractivity contribution in [3.63, 3.8) is 0 Å². The van der Waals surface area contributed by atoms with Gasteiger partial charge in [0.2, 0.25) is 0 Å². The average Bonchev–Trinajstić information content (AvgIpc) is 2.81. The zero-order valence-electron chi connectivity index (χ0n) is 18.2. The molecule has 32 heavy (non-hydrogen) atoms. The van der Waals surface area contributed by atoms with Gasteiger partial charge in [0.05, 0.1) is 11.3 Å². The van der Waals surface area contributed by atoms with Crippen molar-refractivity contribution >= 4 is 29.1 Å². The van der Waals surface area contributed by atoms with Crippen LogP contribution in [0.4, 0.5) is 5.69 Å². The van der Waals surface area contributed by atoms with Crippen molar-refractivity contribution in [2.75, 3.05) is 31.1 Å². The summed E-state index contributed by atoms with van der Waals surface area (Å²) in [6, 6.07) is 13.5. The quantitative estimate of drug-likeness (QED) is 0.752. The van der Waals surface area contributed by atoms with Crippen molar-refractivity contribution < 1.29 is 14.3 Å². The maximum Gasteiger partial charge on any atom is 0.267 e. The third-order valence-corrected chi connectivity index (χ3v) is 7.14. The summed E-state index contributed by atoms with van der Waals surface area (Å²) in [7, 11) is 0. The lowest BCUT2D eigenvalue weighted by atomic mass is 9.84. The Morgan fingerprint density at radius 1 is 1.19 bits per heavy atom. The fourth-order valence-corrected chi connectivity index (χ4v) is 5.34. The Labute approximate surface area is 193 Å². The van der Waals surface area contributed by atoms with E-state index in [1.807, 2.05) is 30.3 Å². The summed E-state index contributed by atoms with van der Waals surface area (Å²) in [5.74, 6) is 0.641. The molecule has 6 nitrogen and oxygen atoms in total. The third-order valence-electron chi connectivity index (χ3n) is 6.92. The summed E-state index contributed by atoms with van der Waals surface area (Å²) < 4.78 is 5.96. The molecule has 4 heterocycles. The lowest BCUT2D eigenvalue weighted by Crippen LogP contribution is -2.57. The Morgan fingerprint density at radius 3 is 2.62 bits per heavy atom. The van der Waals surface area contributed by atoms with Gasteiger partial charge in [-0.05, 0) is 62.9 Å². The lowest BCUT2D eigenvalue weighted by Gasteiger charge is -2.45. The smallest absolute Gasteiger partial charge is 0.267 e. The summed E-state index contributed by atoms with van der Waals surface area (Å²) in [5.41, 5.74) is 2.10. The van der Waals surface area contributed by atoms with Crippen LogP contribution in [-0.2, 0) is 11.2 Å². The second-order valence-electron chi connectivity index (χ2n) is 9.01. The van der Waals surface area contributed by atoms with E-state index in [9.17, 15) is 9.59 Å². The van der Waals surface area contributed by atoms with E-state index in [4.69, 9.17) is 16.3 Å². The van der Waals surface area contributed by atoms with Gasteiger partial charge in [-0.15, -0.1) is 0 Å². The van der Waals surface area contributed by atoms with Gasteiger partial charge < -0.3 is 19.9 Å². The molecule has 4 aliphatic heterocycles. The van der Waals surface area contributed by atoms with Crippen LogP contribution >= 0.6 is 11.6 Å². The molecular formula is C25H28ClN3O3. The summed E-state index contributed by atoms with van der Waals surface area (Å²) in [5, 5.41) is 3.64. The Bertz CT molecular complexity index is 1020. The van der Waals surface area contributed by atoms with Crippen LogP contribution in [0.15, 0.2) is 42.5 Å². The number of hydrogen-bond acceptors (Lipinski definition) is 4. The second-order valence-corrected chi connectivity index (χ2v) is 9.44. The molecule has 0 radical (unpaired) electrons. The van der Waals surface area contributed by atoms with Gasteiger partial charge in [-0.2, -0.15) is 0 Å². The number of carbonyl (C=O) groups is 2. The average molecular weight is 454 g/mol. The molecule has 2 aromatic rings. The Morgan fingerprint density at radius 2 is 1.94 bits per heavy atom. The maximum atomic E-state index is 13.3. The van der Waals surface area contributed by atoms with Crippen LogP contribution < -0.4 is 15.0 Å². The highest BCUT2D eigenvalue weighted by Crippen LogP contribution is 2.40. The van der Waals surface area contributed by atoms with E-state index in [0.717, 1.165) is 38.0 Å². The number of benzene rings is 2. The molecule has 4 aliphatic rings. The molecule has 2 unspecified atom stereocenters. The summed E-state index contributed by atoms with van der Waals surface area (Å²) in [4.78, 5) is 30.4. The van der Waals surface area contributed by atoms with Gasteiger partial charge in [0.25, 0.3) is 11.8 Å². The van der Waals surface area contributed by atoms with Crippen LogP contribution in [0.5, 0.6) is 5.75 Å². The molecule has 0 aliphatic carbocycles. The molecule has 2 aromatic carbocycles. The molecule has 6 rings (SSSR count). The van der Waals surface area contributed by atoms with Gasteiger partial charge in [0, 0.05) is 24.2 Å². The Balaban J connectivity index is 1.41. The van der Waals surface area contributed by atoms with Gasteiger partial charge in [-0.25, -0.2) is 0 Å². The number of carbonyl (C=O) groups excluding carboxylic acids is 2. The zero-order valence-corrected chi connectivity index (χ0v) is 19.0. The predicted molar refractivity (Wildman–Crippen MR) is 124 cm³/mol. The molecule has 7 heteroatoms. The number of ether oxygens (including phenoxy) is 1. The first-order chi connectivity index (χ1) is 15.5. The number of piperidine rings is 3. The molecule has 0 saturated carbocycles. The van der Waals surface area contributed by atoms with Crippen molar-refractivity contribution in [2.45, 2.75) is 38.3 Å². The molecule has 2 amide bonds. The number of halogens is 1. The lowest BCUT2D eigenvalue weighted by molar-refractivity contribution is -0.125. The number of nitrogens with zero attached hydrogens (tertiary/aromatic N) is 2. The first kappa shape index (κ1) is 21.3. The molecule has 1 N–H and O–H groups in total. The van der Waals surface area contributed by atoms with Crippen LogP contribution in [0.2, 0.25) is 5.02 Å². The van der Waals surface area contributed by atoms with Crippen molar-refractivity contribution in [1.29, 1.82) is 0 Å². The van der Waals surface area contributed by atoms with E-state index >= 15 is 0 Å². The van der Waals surface area contributed by atoms with E-state index in [1.54, 1.807) is 24.0 Å². The molecule has 2 atom stereocenters. The van der Waals surface area contributed by atoms with Crippen molar-refractivity contribution in [3.8, 4) is 5.75 Å². The largest absolute Gasteiger partial charge is 0.478 e. The molecular weight excluding hydrogens is 426 g/mol. The molecule has 168 valence electrons. The van der Waals surface area contributed by atoms with Crippen LogP contribution in [0.1, 0.15) is 35.7 Å². The highest BCUT2D eigenvalue weighted by Gasteiger charge is 2.38. The van der Waals surface area contributed by atoms with E-state index in [1.165, 1.54) is 0 Å². The predicted octanol–water partition coefficient (Wildman–Crippen LogP) is 3.52. The van der Waals surface area contributed by atoms with E-state index < -0.39 is 6.10 Å². The second kappa shape index (κ2) is 8.75. The Hall–Kier alpha value is -2.57. The number of anilines is 1. The first-order valence-electron chi connectivity index (χ1n) is 11.4. The number of rotatable bonds is 5. The van der Waals surface area contributed by atoms with Crippen molar-refractivity contribution in [2.24, 2.45) is 5.92 Å². The van der Waals surface area contributed by atoms with E-state index in [0.29, 0.717) is 40.9 Å².